The second-order valence-electron chi connectivity index (χ2n) is 9.02. The van der Waals surface area contributed by atoms with E-state index >= 15 is 0 Å². The van der Waals surface area contributed by atoms with E-state index in [-0.39, 0.29) is 18.0 Å². The van der Waals surface area contributed by atoms with Gasteiger partial charge in [0.2, 0.25) is 0 Å². The van der Waals surface area contributed by atoms with Gasteiger partial charge in [0.1, 0.15) is 11.6 Å². The zero-order chi connectivity index (χ0) is 23.4. The van der Waals surface area contributed by atoms with Gasteiger partial charge in [-0.3, -0.25) is 14.5 Å². The molecule has 6 nitrogen and oxygen atoms in total. The number of benzene rings is 1. The highest BCUT2D eigenvalue weighted by Crippen LogP contribution is 2.35. The normalized spacial score (nSPS) is 25.5. The average molecular weight is 473 g/mol. The number of anilines is 1. The lowest BCUT2D eigenvalue weighted by Crippen LogP contribution is -2.47. The Hall–Kier alpha value is -2.16. The van der Waals surface area contributed by atoms with E-state index in [1.807, 2.05) is 19.1 Å². The van der Waals surface area contributed by atoms with Gasteiger partial charge in [-0.05, 0) is 49.6 Å². The number of pyridine rings is 1. The summed E-state index contributed by atoms with van der Waals surface area (Å²) in [6, 6.07) is 10.4. The van der Waals surface area contributed by atoms with Crippen LogP contribution in [0.1, 0.15) is 62.6 Å². The number of hydrogen-bond donors (Lipinski definition) is 2. The van der Waals surface area contributed by atoms with Gasteiger partial charge in [0.05, 0.1) is 28.7 Å². The molecule has 1 aromatic heterocycles. The number of methoxy groups -OCH3 is 1. The Morgan fingerprint density at radius 3 is 2.64 bits per heavy atom. The predicted molar refractivity (Wildman–Crippen MR) is 131 cm³/mol. The molecule has 2 N–H and O–H groups in total. The maximum atomic E-state index is 13.6. The molecule has 178 valence electrons. The first-order valence-corrected chi connectivity index (χ1v) is 13.2. The molecule has 2 aliphatic rings. The molecule has 4 unspecified atom stereocenters. The molecule has 0 bridgehead atoms. The Bertz CT molecular complexity index is 1010. The van der Waals surface area contributed by atoms with Crippen molar-refractivity contribution in [2.45, 2.75) is 68.6 Å². The minimum Gasteiger partial charge on any atom is -0.382 e. The molecule has 4 atom stereocenters. The zero-order valence-corrected chi connectivity index (χ0v) is 20.3. The monoisotopic (exact) mass is 472 g/mol. The van der Waals surface area contributed by atoms with Gasteiger partial charge in [-0.1, -0.05) is 31.4 Å². The van der Waals surface area contributed by atoms with Crippen molar-refractivity contribution in [3.63, 3.8) is 0 Å². The van der Waals surface area contributed by atoms with Gasteiger partial charge >= 0.3 is 0 Å². The van der Waals surface area contributed by atoms with Crippen molar-refractivity contribution in [3.05, 3.63) is 59.5 Å². The van der Waals surface area contributed by atoms with E-state index in [9.17, 15) is 8.60 Å². The first-order valence-electron chi connectivity index (χ1n) is 11.6. The van der Waals surface area contributed by atoms with Crippen molar-refractivity contribution in [1.82, 2.24) is 10.3 Å². The van der Waals surface area contributed by atoms with Crippen LogP contribution in [0.25, 0.3) is 0 Å². The van der Waals surface area contributed by atoms with Crippen molar-refractivity contribution in [2.75, 3.05) is 18.7 Å². The molecular formula is C25H33FN4O2S. The van der Waals surface area contributed by atoms with E-state index in [1.165, 1.54) is 31.4 Å². The molecule has 1 aliphatic carbocycles. The Balaban J connectivity index is 1.71. The predicted octanol–water partition coefficient (Wildman–Crippen LogP) is 4.56. The van der Waals surface area contributed by atoms with Crippen molar-refractivity contribution in [3.8, 4) is 0 Å². The number of rotatable bonds is 8. The number of aromatic nitrogens is 1. The summed E-state index contributed by atoms with van der Waals surface area (Å²) in [6.45, 7) is 1.94. The van der Waals surface area contributed by atoms with Crippen LogP contribution < -0.4 is 10.6 Å². The Kier molecular flexibility index (Phi) is 7.56. The largest absolute Gasteiger partial charge is 0.382 e. The molecule has 2 heterocycles. The Morgan fingerprint density at radius 2 is 1.97 bits per heavy atom. The third-order valence-corrected chi connectivity index (χ3v) is 7.93. The van der Waals surface area contributed by atoms with Crippen LogP contribution >= 0.6 is 0 Å². The van der Waals surface area contributed by atoms with E-state index in [0.717, 1.165) is 35.5 Å². The van der Waals surface area contributed by atoms with Crippen molar-refractivity contribution >= 4 is 22.3 Å². The quantitative estimate of drug-likeness (QED) is 0.589. The van der Waals surface area contributed by atoms with Gasteiger partial charge in [-0.25, -0.2) is 9.37 Å². The van der Waals surface area contributed by atoms with E-state index in [1.54, 1.807) is 31.7 Å². The van der Waals surface area contributed by atoms with E-state index in [0.29, 0.717) is 12.5 Å². The first kappa shape index (κ1) is 24.0. The minimum atomic E-state index is -1.31. The second kappa shape index (κ2) is 10.4. The third kappa shape index (κ3) is 5.50. The van der Waals surface area contributed by atoms with Crippen LogP contribution in [-0.2, 0) is 15.5 Å². The average Bonchev–Trinajstić information content (AvgIpc) is 3.21. The van der Waals surface area contributed by atoms with Crippen LogP contribution in [0.5, 0.6) is 0 Å². The maximum absolute atomic E-state index is 13.6. The first-order chi connectivity index (χ1) is 15.9. The van der Waals surface area contributed by atoms with Gasteiger partial charge in [0.15, 0.2) is 4.99 Å². The fraction of sp³-hybridized carbons (Fsp3) is 0.520. The molecule has 1 fully saturated rings. The van der Waals surface area contributed by atoms with E-state index in [4.69, 9.17) is 9.73 Å². The fourth-order valence-electron chi connectivity index (χ4n) is 4.68. The summed E-state index contributed by atoms with van der Waals surface area (Å²) in [7, 11) is 0.329. The second-order valence-corrected chi connectivity index (χ2v) is 10.6. The minimum absolute atomic E-state index is 0.140. The van der Waals surface area contributed by atoms with Gasteiger partial charge < -0.3 is 10.1 Å². The molecule has 0 saturated heterocycles. The molecule has 4 rings (SSSR count). The molecule has 33 heavy (non-hydrogen) atoms. The molecule has 1 aromatic carbocycles. The third-order valence-electron chi connectivity index (χ3n) is 6.60. The number of aliphatic imine (C=N–C) groups is 1. The lowest BCUT2D eigenvalue weighted by atomic mass is 9.95. The molecule has 1 saturated carbocycles. The van der Waals surface area contributed by atoms with Crippen LogP contribution in [0.3, 0.4) is 0 Å². The summed E-state index contributed by atoms with van der Waals surface area (Å²) < 4.78 is 32.1. The summed E-state index contributed by atoms with van der Waals surface area (Å²) in [5, 5.41) is 7.08. The lowest BCUT2D eigenvalue weighted by molar-refractivity contribution is 0.0970. The van der Waals surface area contributed by atoms with Crippen LogP contribution in [0.2, 0.25) is 0 Å². The highest BCUT2D eigenvalue weighted by molar-refractivity contribution is 7.85. The van der Waals surface area contributed by atoms with Gasteiger partial charge in [0, 0.05) is 37.6 Å². The summed E-state index contributed by atoms with van der Waals surface area (Å²) in [6.07, 6.45) is 9.83. The van der Waals surface area contributed by atoms with Crippen molar-refractivity contribution in [1.29, 1.82) is 0 Å². The van der Waals surface area contributed by atoms with Crippen LogP contribution in [0.15, 0.2) is 47.6 Å². The molecule has 0 radical (unpaired) electrons. The summed E-state index contributed by atoms with van der Waals surface area (Å²) in [4.78, 5) is 8.56. The summed E-state index contributed by atoms with van der Waals surface area (Å²) in [5.41, 5.74) is 2.54. The fourth-order valence-corrected chi connectivity index (χ4v) is 5.66. The number of nitrogens with zero attached hydrogens (tertiary/aromatic N) is 2. The van der Waals surface area contributed by atoms with Crippen LogP contribution in [-0.4, -0.2) is 45.4 Å². The van der Waals surface area contributed by atoms with Crippen LogP contribution in [0, 0.1) is 5.82 Å². The van der Waals surface area contributed by atoms with Crippen molar-refractivity contribution < 1.29 is 13.3 Å². The highest BCUT2D eigenvalue weighted by atomic mass is 32.2. The molecule has 1 aliphatic heterocycles. The highest BCUT2D eigenvalue weighted by Gasteiger charge is 2.45. The summed E-state index contributed by atoms with van der Waals surface area (Å²) in [5.74, 6) is 0.525. The van der Waals surface area contributed by atoms with Gasteiger partial charge in [0.25, 0.3) is 0 Å². The summed E-state index contributed by atoms with van der Waals surface area (Å²) >= 11 is 0. The molecular weight excluding hydrogens is 439 g/mol. The van der Waals surface area contributed by atoms with E-state index in [2.05, 4.69) is 15.6 Å². The molecule has 0 spiro atoms. The maximum Gasteiger partial charge on any atom is 0.189 e. The van der Waals surface area contributed by atoms with Gasteiger partial charge in [-0.2, -0.15) is 0 Å². The van der Waals surface area contributed by atoms with Gasteiger partial charge in [-0.15, -0.1) is 0 Å². The number of hydrogen-bond acceptors (Lipinski definition) is 6. The van der Waals surface area contributed by atoms with Crippen molar-refractivity contribution in [2.24, 2.45) is 4.99 Å². The Morgan fingerprint density at radius 1 is 1.24 bits per heavy atom. The Labute approximate surface area is 197 Å². The smallest absolute Gasteiger partial charge is 0.189 e. The van der Waals surface area contributed by atoms with Crippen LogP contribution in [0.4, 0.5) is 10.2 Å². The number of halogens is 1. The molecule has 8 heteroatoms. The standard InChI is InChI=1S/C25H33FN4O2S/c1-17(32-2)16-25(33(3)31)29-23(18-9-11-20(26)12-10-18)24(30-25)19-13-14-27-22(15-19)28-21-7-5-4-6-8-21/h9-15,17,21,23,29H,4-8,16H2,1-3H3,(H,27,28). The number of nitrogens with one attached hydrogen (secondary N) is 2. The number of ether oxygens (including phenoxy) is 1. The molecule has 0 amide bonds. The SMILES string of the molecule is COC(C)CC1(S(C)=O)N=C(c2ccnc(NC3CCCCC3)c2)C(c2ccc(F)cc2)N1. The molecule has 2 aromatic rings. The zero-order valence-electron chi connectivity index (χ0n) is 19.5. The lowest BCUT2D eigenvalue weighted by Gasteiger charge is -2.28. The topological polar surface area (TPSA) is 75.6 Å². The van der Waals surface area contributed by atoms with E-state index < -0.39 is 15.8 Å².